The Balaban J connectivity index is 1.35. The number of nitrogens with zero attached hydrogens (tertiary/aromatic N) is 2. The summed E-state index contributed by atoms with van der Waals surface area (Å²) in [5.41, 5.74) is 0.287. The van der Waals surface area contributed by atoms with Crippen LogP contribution in [0.1, 0.15) is 45.1 Å². The molecule has 2 aliphatic rings. The molecule has 3 amide bonds. The second kappa shape index (κ2) is 10.7. The number of halogens is 1. The number of urea groups is 1. The third-order valence-corrected chi connectivity index (χ3v) is 6.32. The van der Waals surface area contributed by atoms with Crippen molar-refractivity contribution in [1.29, 1.82) is 0 Å². The lowest BCUT2D eigenvalue weighted by molar-refractivity contribution is -0.138. The highest BCUT2D eigenvalue weighted by Gasteiger charge is 2.32. The van der Waals surface area contributed by atoms with Crippen LogP contribution in [0.4, 0.5) is 4.79 Å². The molecule has 3 rings (SSSR count). The minimum atomic E-state index is -0.710. The summed E-state index contributed by atoms with van der Waals surface area (Å²) in [5, 5.41) is 16.6. The normalized spacial score (nSPS) is 22.8. The lowest BCUT2D eigenvalue weighted by Gasteiger charge is -2.39. The SMILES string of the molecule is CC(C)(O)CN1CCN(C(=O)[C@H]2CC[C@@H](NC(=O)NCc3ccc(Cl)cc3)CC2)CC1. The first-order valence-electron chi connectivity index (χ1n) is 11.2. The maximum atomic E-state index is 12.9. The molecule has 0 radical (unpaired) electrons. The minimum Gasteiger partial charge on any atom is -0.389 e. The summed E-state index contributed by atoms with van der Waals surface area (Å²) in [7, 11) is 0. The summed E-state index contributed by atoms with van der Waals surface area (Å²) in [4.78, 5) is 29.3. The van der Waals surface area contributed by atoms with E-state index >= 15 is 0 Å². The largest absolute Gasteiger partial charge is 0.389 e. The van der Waals surface area contributed by atoms with Gasteiger partial charge in [0.25, 0.3) is 0 Å². The number of rotatable bonds is 6. The Hall–Kier alpha value is -1.83. The fourth-order valence-corrected chi connectivity index (χ4v) is 4.56. The average Bonchev–Trinajstić information content (AvgIpc) is 2.73. The highest BCUT2D eigenvalue weighted by atomic mass is 35.5. The number of benzene rings is 1. The molecule has 0 aromatic heterocycles. The molecule has 0 unspecified atom stereocenters. The van der Waals surface area contributed by atoms with E-state index in [0.29, 0.717) is 18.1 Å². The Bertz CT molecular complexity index is 734. The molecule has 0 spiro atoms. The van der Waals surface area contributed by atoms with Gasteiger partial charge in [-0.05, 0) is 57.2 Å². The molecule has 0 atom stereocenters. The van der Waals surface area contributed by atoms with Crippen LogP contribution in [0.3, 0.4) is 0 Å². The predicted octanol–water partition coefficient (Wildman–Crippen LogP) is 2.61. The number of hydrogen-bond donors (Lipinski definition) is 3. The summed E-state index contributed by atoms with van der Waals surface area (Å²) in [6.07, 6.45) is 3.27. The van der Waals surface area contributed by atoms with Gasteiger partial charge in [0, 0.05) is 56.3 Å². The highest BCUT2D eigenvalue weighted by molar-refractivity contribution is 6.30. The van der Waals surface area contributed by atoms with Crippen LogP contribution in [-0.2, 0) is 11.3 Å². The van der Waals surface area contributed by atoms with Crippen LogP contribution < -0.4 is 10.6 Å². The standard InChI is InChI=1S/C23H35ClN4O3/c1-23(2,31)16-27-11-13-28(14-12-27)21(29)18-5-9-20(10-6-18)26-22(30)25-15-17-3-7-19(24)8-4-17/h3-4,7-8,18,20,31H,5-6,9-16H2,1-2H3,(H2,25,26,30)/t18-,20+. The molecule has 1 heterocycles. The van der Waals surface area contributed by atoms with Gasteiger partial charge in [0.1, 0.15) is 0 Å². The van der Waals surface area contributed by atoms with Crippen molar-refractivity contribution >= 4 is 23.5 Å². The number of aliphatic hydroxyl groups is 1. The molecule has 172 valence electrons. The Kier molecular flexibility index (Phi) is 8.19. The Labute approximate surface area is 190 Å². The molecular formula is C23H35ClN4O3. The summed E-state index contributed by atoms with van der Waals surface area (Å²) >= 11 is 5.88. The highest BCUT2D eigenvalue weighted by Crippen LogP contribution is 2.26. The maximum Gasteiger partial charge on any atom is 0.315 e. The van der Waals surface area contributed by atoms with E-state index in [1.165, 1.54) is 0 Å². The van der Waals surface area contributed by atoms with Crippen molar-refractivity contribution in [3.8, 4) is 0 Å². The fraction of sp³-hybridized carbons (Fsp3) is 0.652. The zero-order valence-corrected chi connectivity index (χ0v) is 19.3. The number of amides is 3. The van der Waals surface area contributed by atoms with Crippen molar-refractivity contribution in [3.63, 3.8) is 0 Å². The third kappa shape index (κ3) is 7.66. The number of nitrogens with one attached hydrogen (secondary N) is 2. The molecule has 31 heavy (non-hydrogen) atoms. The van der Waals surface area contributed by atoms with Crippen LogP contribution in [0.15, 0.2) is 24.3 Å². The van der Waals surface area contributed by atoms with Crippen LogP contribution in [0.2, 0.25) is 5.02 Å². The first kappa shape index (κ1) is 23.8. The topological polar surface area (TPSA) is 84.9 Å². The van der Waals surface area contributed by atoms with Crippen LogP contribution in [0.5, 0.6) is 0 Å². The van der Waals surface area contributed by atoms with Crippen LogP contribution in [0.25, 0.3) is 0 Å². The van der Waals surface area contributed by atoms with Crippen LogP contribution >= 0.6 is 11.6 Å². The quantitative estimate of drug-likeness (QED) is 0.622. The molecule has 8 heteroatoms. The van der Waals surface area contributed by atoms with E-state index in [1.807, 2.05) is 43.0 Å². The molecule has 1 saturated heterocycles. The number of carbonyl (C=O) groups is 2. The van der Waals surface area contributed by atoms with Gasteiger partial charge in [0.2, 0.25) is 5.91 Å². The number of piperazine rings is 1. The zero-order chi connectivity index (χ0) is 22.4. The van der Waals surface area contributed by atoms with Gasteiger partial charge in [-0.3, -0.25) is 9.69 Å². The van der Waals surface area contributed by atoms with Crippen LogP contribution in [-0.4, -0.2) is 71.2 Å². The average molecular weight is 451 g/mol. The van der Waals surface area contributed by atoms with Gasteiger partial charge in [0.15, 0.2) is 0 Å². The molecule has 1 aromatic carbocycles. The van der Waals surface area contributed by atoms with E-state index in [0.717, 1.165) is 57.4 Å². The van der Waals surface area contributed by atoms with Crippen molar-refractivity contribution < 1.29 is 14.7 Å². The molecule has 7 nitrogen and oxygen atoms in total. The Morgan fingerprint density at radius 2 is 1.68 bits per heavy atom. The molecule has 1 aliphatic heterocycles. The zero-order valence-electron chi connectivity index (χ0n) is 18.6. The first-order valence-corrected chi connectivity index (χ1v) is 11.6. The van der Waals surface area contributed by atoms with E-state index in [-0.39, 0.29) is 23.9 Å². The van der Waals surface area contributed by atoms with Crippen LogP contribution in [0, 0.1) is 5.92 Å². The molecule has 1 aromatic rings. The summed E-state index contributed by atoms with van der Waals surface area (Å²) < 4.78 is 0. The maximum absolute atomic E-state index is 12.9. The third-order valence-electron chi connectivity index (χ3n) is 6.07. The van der Waals surface area contributed by atoms with Crippen molar-refractivity contribution in [1.82, 2.24) is 20.4 Å². The van der Waals surface area contributed by atoms with Gasteiger partial charge >= 0.3 is 6.03 Å². The van der Waals surface area contributed by atoms with E-state index in [4.69, 9.17) is 11.6 Å². The molecule has 2 fully saturated rings. The lowest BCUT2D eigenvalue weighted by atomic mass is 9.85. The number of β-amino-alcohol motifs (C(OH)–C–C–N with tert-alkyl or cyclic N) is 1. The summed E-state index contributed by atoms with van der Waals surface area (Å²) in [6.45, 7) is 7.77. The molecule has 1 saturated carbocycles. The molecule has 0 bridgehead atoms. The van der Waals surface area contributed by atoms with Crippen molar-refractivity contribution in [2.75, 3.05) is 32.7 Å². The van der Waals surface area contributed by atoms with E-state index in [1.54, 1.807) is 0 Å². The molecule has 1 aliphatic carbocycles. The summed E-state index contributed by atoms with van der Waals surface area (Å²) in [5.74, 6) is 0.296. The molecular weight excluding hydrogens is 416 g/mol. The second-order valence-electron chi connectivity index (χ2n) is 9.42. The predicted molar refractivity (Wildman–Crippen MR) is 122 cm³/mol. The second-order valence-corrected chi connectivity index (χ2v) is 9.85. The Morgan fingerprint density at radius 1 is 1.06 bits per heavy atom. The smallest absolute Gasteiger partial charge is 0.315 e. The molecule has 3 N–H and O–H groups in total. The van der Waals surface area contributed by atoms with Gasteiger partial charge in [-0.25, -0.2) is 4.79 Å². The summed E-state index contributed by atoms with van der Waals surface area (Å²) in [6, 6.07) is 7.34. The van der Waals surface area contributed by atoms with Gasteiger partial charge in [0.05, 0.1) is 5.60 Å². The van der Waals surface area contributed by atoms with Gasteiger partial charge in [-0.15, -0.1) is 0 Å². The number of carbonyl (C=O) groups excluding carboxylic acids is 2. The number of hydrogen-bond acceptors (Lipinski definition) is 4. The van der Waals surface area contributed by atoms with E-state index in [2.05, 4.69) is 15.5 Å². The van der Waals surface area contributed by atoms with Gasteiger partial charge in [-0.2, -0.15) is 0 Å². The van der Waals surface area contributed by atoms with Gasteiger partial charge in [-0.1, -0.05) is 23.7 Å². The van der Waals surface area contributed by atoms with Crippen molar-refractivity contribution in [2.24, 2.45) is 5.92 Å². The fourth-order valence-electron chi connectivity index (χ4n) is 4.44. The van der Waals surface area contributed by atoms with Crippen molar-refractivity contribution in [2.45, 2.75) is 57.7 Å². The first-order chi connectivity index (χ1) is 14.7. The van der Waals surface area contributed by atoms with E-state index < -0.39 is 5.60 Å². The van der Waals surface area contributed by atoms with Crippen molar-refractivity contribution in [3.05, 3.63) is 34.9 Å². The van der Waals surface area contributed by atoms with Gasteiger partial charge < -0.3 is 20.6 Å². The minimum absolute atomic E-state index is 0.0519. The monoisotopic (exact) mass is 450 g/mol. The Morgan fingerprint density at radius 3 is 2.26 bits per heavy atom. The lowest BCUT2D eigenvalue weighted by Crippen LogP contribution is -2.53. The van der Waals surface area contributed by atoms with E-state index in [9.17, 15) is 14.7 Å².